The van der Waals surface area contributed by atoms with Crippen molar-refractivity contribution in [3.05, 3.63) is 34.9 Å². The number of hydrogen-bond acceptors (Lipinski definition) is 2. The Labute approximate surface area is 113 Å². The summed E-state index contributed by atoms with van der Waals surface area (Å²) in [6, 6.07) is 6.10. The van der Waals surface area contributed by atoms with Crippen LogP contribution in [0, 0.1) is 6.92 Å². The van der Waals surface area contributed by atoms with Gasteiger partial charge in [-0.05, 0) is 31.4 Å². The first-order valence-corrected chi connectivity index (χ1v) is 6.72. The fourth-order valence-corrected chi connectivity index (χ4v) is 2.05. The van der Waals surface area contributed by atoms with Crippen molar-refractivity contribution in [1.82, 2.24) is 5.32 Å². The first-order chi connectivity index (χ1) is 8.63. The Morgan fingerprint density at radius 3 is 2.72 bits per heavy atom. The molecular weight excluding hydrogens is 250 g/mol. The number of carbonyl (C=O) groups is 1. The lowest BCUT2D eigenvalue weighted by atomic mass is 9.98. The van der Waals surface area contributed by atoms with Gasteiger partial charge in [-0.1, -0.05) is 25.1 Å². The number of ether oxygens (including phenoxy) is 1. The maximum absolute atomic E-state index is 11.5. The van der Waals surface area contributed by atoms with Crippen molar-refractivity contribution in [2.45, 2.75) is 33.4 Å². The largest absolute Gasteiger partial charge is 0.354 e. The Morgan fingerprint density at radius 2 is 2.17 bits per heavy atom. The van der Waals surface area contributed by atoms with E-state index in [1.54, 1.807) is 0 Å². The summed E-state index contributed by atoms with van der Waals surface area (Å²) in [4.78, 5) is 11.5. The molecule has 0 bridgehead atoms. The molecule has 0 aliphatic heterocycles. The second-order valence-electron chi connectivity index (χ2n) is 4.04. The molecule has 18 heavy (non-hydrogen) atoms. The van der Waals surface area contributed by atoms with E-state index in [-0.39, 0.29) is 11.8 Å². The number of benzene rings is 1. The first-order valence-electron chi connectivity index (χ1n) is 6.19. The summed E-state index contributed by atoms with van der Waals surface area (Å²) in [5.41, 5.74) is 3.34. The van der Waals surface area contributed by atoms with Gasteiger partial charge in [0.1, 0.15) is 5.88 Å². The second kappa shape index (κ2) is 7.39. The van der Waals surface area contributed by atoms with E-state index < -0.39 is 6.23 Å². The number of amides is 1. The van der Waals surface area contributed by atoms with Crippen LogP contribution in [0.25, 0.3) is 0 Å². The molecule has 100 valence electrons. The van der Waals surface area contributed by atoms with Gasteiger partial charge in [0.25, 0.3) is 0 Å². The smallest absolute Gasteiger partial charge is 0.237 e. The van der Waals surface area contributed by atoms with E-state index in [2.05, 4.69) is 18.3 Å². The van der Waals surface area contributed by atoms with Gasteiger partial charge in [-0.15, -0.1) is 11.6 Å². The van der Waals surface area contributed by atoms with Crippen LogP contribution in [-0.4, -0.2) is 18.4 Å². The summed E-state index contributed by atoms with van der Waals surface area (Å²) in [6.45, 7) is 6.55. The summed E-state index contributed by atoms with van der Waals surface area (Å²) < 4.78 is 5.63. The van der Waals surface area contributed by atoms with Gasteiger partial charge in [-0.3, -0.25) is 4.79 Å². The van der Waals surface area contributed by atoms with Gasteiger partial charge in [0.15, 0.2) is 6.23 Å². The molecule has 0 saturated heterocycles. The molecule has 0 saturated carbocycles. The number of aryl methyl sites for hydroxylation is 2. The fraction of sp³-hybridized carbons (Fsp3) is 0.500. The van der Waals surface area contributed by atoms with E-state index in [4.69, 9.17) is 16.3 Å². The number of carbonyl (C=O) groups excluding carboxylic acids is 1. The van der Waals surface area contributed by atoms with Crippen LogP contribution in [0.3, 0.4) is 0 Å². The molecule has 0 aliphatic rings. The van der Waals surface area contributed by atoms with Crippen LogP contribution in [0.2, 0.25) is 0 Å². The zero-order chi connectivity index (χ0) is 13.5. The van der Waals surface area contributed by atoms with Crippen molar-refractivity contribution in [2.75, 3.05) is 12.5 Å². The molecule has 1 amide bonds. The third-order valence-electron chi connectivity index (χ3n) is 2.80. The summed E-state index contributed by atoms with van der Waals surface area (Å²) >= 11 is 5.53. The van der Waals surface area contributed by atoms with E-state index in [9.17, 15) is 4.79 Å². The summed E-state index contributed by atoms with van der Waals surface area (Å²) in [5.74, 6) is -0.280. The number of nitrogens with one attached hydrogen (secondary N) is 1. The lowest BCUT2D eigenvalue weighted by molar-refractivity contribution is -0.123. The molecule has 0 radical (unpaired) electrons. The summed E-state index contributed by atoms with van der Waals surface area (Å²) in [7, 11) is 0. The van der Waals surface area contributed by atoms with Gasteiger partial charge in [0.05, 0.1) is 0 Å². The zero-order valence-corrected chi connectivity index (χ0v) is 11.9. The highest BCUT2D eigenvalue weighted by Crippen LogP contribution is 2.24. The predicted octanol–water partition coefficient (Wildman–Crippen LogP) is 2.95. The minimum Gasteiger partial charge on any atom is -0.354 e. The molecule has 1 rings (SSSR count). The maximum atomic E-state index is 11.5. The van der Waals surface area contributed by atoms with E-state index in [0.717, 1.165) is 17.5 Å². The van der Waals surface area contributed by atoms with Crippen LogP contribution in [0.15, 0.2) is 18.2 Å². The highest BCUT2D eigenvalue weighted by molar-refractivity contribution is 6.27. The molecule has 0 heterocycles. The number of rotatable bonds is 6. The minimum absolute atomic E-state index is 0.0586. The molecular formula is C14H20ClNO2. The average molecular weight is 270 g/mol. The molecule has 4 heteroatoms. The topological polar surface area (TPSA) is 38.3 Å². The summed E-state index contributed by atoms with van der Waals surface area (Å²) in [5, 5.41) is 2.81. The predicted molar refractivity (Wildman–Crippen MR) is 73.8 cm³/mol. The normalized spacial score (nSPS) is 12.2. The minimum atomic E-state index is -0.419. The fourth-order valence-electron chi connectivity index (χ4n) is 1.97. The monoisotopic (exact) mass is 269 g/mol. The molecule has 3 nitrogen and oxygen atoms in total. The molecule has 1 aromatic rings. The first kappa shape index (κ1) is 15.0. The third kappa shape index (κ3) is 3.72. The van der Waals surface area contributed by atoms with E-state index in [1.807, 2.05) is 26.0 Å². The van der Waals surface area contributed by atoms with Crippen molar-refractivity contribution >= 4 is 17.5 Å². The number of hydrogen-bond donors (Lipinski definition) is 1. The molecule has 0 aliphatic carbocycles. The Morgan fingerprint density at radius 1 is 1.44 bits per heavy atom. The molecule has 1 atom stereocenters. The van der Waals surface area contributed by atoms with E-state index >= 15 is 0 Å². The van der Waals surface area contributed by atoms with E-state index in [1.165, 1.54) is 5.56 Å². The zero-order valence-electron chi connectivity index (χ0n) is 11.1. The van der Waals surface area contributed by atoms with Crippen molar-refractivity contribution in [3.63, 3.8) is 0 Å². The molecule has 0 aromatic heterocycles. The van der Waals surface area contributed by atoms with Crippen molar-refractivity contribution in [3.8, 4) is 0 Å². The van der Waals surface area contributed by atoms with Crippen LogP contribution < -0.4 is 5.32 Å². The molecule has 1 unspecified atom stereocenters. The highest BCUT2D eigenvalue weighted by atomic mass is 35.5. The second-order valence-corrected chi connectivity index (χ2v) is 4.31. The lowest BCUT2D eigenvalue weighted by Gasteiger charge is -2.23. The maximum Gasteiger partial charge on any atom is 0.237 e. The Balaban J connectivity index is 3.07. The van der Waals surface area contributed by atoms with E-state index in [0.29, 0.717) is 6.61 Å². The van der Waals surface area contributed by atoms with Crippen molar-refractivity contribution < 1.29 is 9.53 Å². The lowest BCUT2D eigenvalue weighted by Crippen LogP contribution is -2.32. The molecule has 0 fully saturated rings. The van der Waals surface area contributed by atoms with Gasteiger partial charge in [-0.2, -0.15) is 0 Å². The quantitative estimate of drug-likeness (QED) is 0.637. The van der Waals surface area contributed by atoms with Gasteiger partial charge in [0, 0.05) is 12.2 Å². The van der Waals surface area contributed by atoms with Crippen LogP contribution in [0.5, 0.6) is 0 Å². The van der Waals surface area contributed by atoms with Crippen molar-refractivity contribution in [2.24, 2.45) is 0 Å². The number of alkyl halides is 1. The van der Waals surface area contributed by atoms with Gasteiger partial charge >= 0.3 is 0 Å². The Kier molecular flexibility index (Phi) is 6.16. The van der Waals surface area contributed by atoms with Crippen LogP contribution in [-0.2, 0) is 16.0 Å². The van der Waals surface area contributed by atoms with Crippen LogP contribution >= 0.6 is 11.6 Å². The van der Waals surface area contributed by atoms with Gasteiger partial charge < -0.3 is 10.1 Å². The van der Waals surface area contributed by atoms with Gasteiger partial charge in [0.2, 0.25) is 5.91 Å². The standard InChI is InChI=1S/C14H20ClNO2/c1-4-11-8-6-7-10(3)13(11)14(18-5-2)16-12(17)9-15/h6-8,14H,4-5,9H2,1-3H3,(H,16,17). The number of halogens is 1. The molecule has 1 N–H and O–H groups in total. The molecule has 1 aromatic carbocycles. The third-order valence-corrected chi connectivity index (χ3v) is 3.05. The Bertz CT molecular complexity index is 407. The van der Waals surface area contributed by atoms with Crippen LogP contribution in [0.4, 0.5) is 0 Å². The average Bonchev–Trinajstić information content (AvgIpc) is 2.37. The van der Waals surface area contributed by atoms with Crippen molar-refractivity contribution in [1.29, 1.82) is 0 Å². The SMILES string of the molecule is CCOC(NC(=O)CCl)c1c(C)cccc1CC. The van der Waals surface area contributed by atoms with Gasteiger partial charge in [-0.25, -0.2) is 0 Å². The highest BCUT2D eigenvalue weighted by Gasteiger charge is 2.18. The Hall–Kier alpha value is -1.06. The molecule has 0 spiro atoms. The van der Waals surface area contributed by atoms with Crippen LogP contribution in [0.1, 0.15) is 36.8 Å². The summed E-state index contributed by atoms with van der Waals surface area (Å²) in [6.07, 6.45) is 0.481.